The van der Waals surface area contributed by atoms with Crippen LogP contribution in [0.4, 0.5) is 16.2 Å². The van der Waals surface area contributed by atoms with Crippen LogP contribution >= 0.6 is 0 Å². The van der Waals surface area contributed by atoms with E-state index in [1.54, 1.807) is 0 Å². The first-order valence-electron chi connectivity index (χ1n) is 5.42. The van der Waals surface area contributed by atoms with Crippen molar-refractivity contribution in [1.29, 1.82) is 0 Å². The molecule has 1 atom stereocenters. The summed E-state index contributed by atoms with van der Waals surface area (Å²) in [5.74, 6) is 0.892. The normalized spacial score (nSPS) is 10.9. The van der Waals surface area contributed by atoms with Crippen LogP contribution in [0.25, 0.3) is 0 Å². The Morgan fingerprint density at radius 3 is 2.45 bits per heavy atom. The van der Waals surface area contributed by atoms with E-state index >= 15 is 0 Å². The minimum atomic E-state index is -1.25. The highest BCUT2D eigenvalue weighted by molar-refractivity contribution is 5.92. The number of hydrogen-bond acceptors (Lipinski definition) is 4. The van der Waals surface area contributed by atoms with Gasteiger partial charge < -0.3 is 15.7 Å². The fourth-order valence-electron chi connectivity index (χ4n) is 1.31. The Hall–Kier alpha value is -3.08. The van der Waals surface area contributed by atoms with Crippen LogP contribution in [-0.4, -0.2) is 28.1 Å². The monoisotopic (exact) mass is 277 g/mol. The van der Waals surface area contributed by atoms with E-state index in [0.717, 1.165) is 0 Å². The number of anilines is 1. The molecule has 0 fully saturated rings. The average Bonchev–Trinajstić information content (AvgIpc) is 2.38. The van der Waals surface area contributed by atoms with Crippen LogP contribution in [-0.2, 0) is 4.79 Å². The third kappa shape index (κ3) is 4.30. The lowest BCUT2D eigenvalue weighted by atomic mass is 10.2. The van der Waals surface area contributed by atoms with Crippen LogP contribution in [0.5, 0.6) is 0 Å². The number of carbonyl (C=O) groups excluding carboxylic acids is 1. The number of carboxylic acid groups (broad SMARTS) is 1. The van der Waals surface area contributed by atoms with Gasteiger partial charge in [0.15, 0.2) is 0 Å². The molecule has 0 aliphatic carbocycles. The second-order valence-corrected chi connectivity index (χ2v) is 3.70. The minimum Gasteiger partial charge on any atom is -0.480 e. The number of aliphatic carboxylic acids is 1. The maximum Gasteiger partial charge on any atom is 0.327 e. The molecule has 8 nitrogen and oxygen atoms in total. The van der Waals surface area contributed by atoms with Gasteiger partial charge in [-0.2, -0.15) is 0 Å². The summed E-state index contributed by atoms with van der Waals surface area (Å²) in [5, 5.41) is 23.8. The molecule has 0 radical (unpaired) electrons. The average molecular weight is 277 g/mol. The second kappa shape index (κ2) is 6.75. The highest BCUT2D eigenvalue weighted by Crippen LogP contribution is 2.15. The van der Waals surface area contributed by atoms with Crippen LogP contribution in [0.3, 0.4) is 0 Å². The summed E-state index contributed by atoms with van der Waals surface area (Å²) in [4.78, 5) is 32.2. The number of non-ortho nitro benzene ring substituents is 1. The summed E-state index contributed by atoms with van der Waals surface area (Å²) in [5.41, 5.74) is 0.171. The van der Waals surface area contributed by atoms with Gasteiger partial charge in [-0.15, -0.1) is 12.3 Å². The first kappa shape index (κ1) is 15.0. The molecule has 0 saturated carbocycles. The molecule has 0 aliphatic heterocycles. The van der Waals surface area contributed by atoms with Gasteiger partial charge in [0.05, 0.1) is 4.92 Å². The fraction of sp³-hybridized carbons (Fsp3) is 0.167. The van der Waals surface area contributed by atoms with E-state index in [-0.39, 0.29) is 17.8 Å². The molecule has 0 aromatic heterocycles. The van der Waals surface area contributed by atoms with Crippen molar-refractivity contribution in [3.8, 4) is 12.3 Å². The number of nitro benzene ring substituents is 1. The van der Waals surface area contributed by atoms with Crippen molar-refractivity contribution in [1.82, 2.24) is 5.32 Å². The van der Waals surface area contributed by atoms with Crippen molar-refractivity contribution < 1.29 is 19.6 Å². The van der Waals surface area contributed by atoms with Gasteiger partial charge in [0, 0.05) is 24.2 Å². The number of carbonyl (C=O) groups is 2. The van der Waals surface area contributed by atoms with Gasteiger partial charge in [0.2, 0.25) is 0 Å². The summed E-state index contributed by atoms with van der Waals surface area (Å²) in [6.07, 6.45) is 4.84. The summed E-state index contributed by atoms with van der Waals surface area (Å²) in [7, 11) is 0. The molecule has 1 aromatic rings. The van der Waals surface area contributed by atoms with Crippen molar-refractivity contribution in [3.05, 3.63) is 34.4 Å². The molecule has 104 valence electrons. The Bertz CT molecular complexity index is 561. The zero-order valence-corrected chi connectivity index (χ0v) is 10.2. The SMILES string of the molecule is C#CCC(NC(=O)Nc1ccc([N+](=O)[O-])cc1)C(=O)O. The van der Waals surface area contributed by atoms with E-state index in [0.29, 0.717) is 0 Å². The Morgan fingerprint density at radius 2 is 2.00 bits per heavy atom. The molecule has 0 bridgehead atoms. The zero-order valence-electron chi connectivity index (χ0n) is 10.2. The summed E-state index contributed by atoms with van der Waals surface area (Å²) < 4.78 is 0. The number of benzene rings is 1. The molecular weight excluding hydrogens is 266 g/mol. The number of nitro groups is 1. The van der Waals surface area contributed by atoms with Crippen molar-refractivity contribution in [2.24, 2.45) is 0 Å². The highest BCUT2D eigenvalue weighted by Gasteiger charge is 2.18. The van der Waals surface area contributed by atoms with Crippen molar-refractivity contribution in [2.45, 2.75) is 12.5 Å². The number of urea groups is 1. The predicted molar refractivity (Wildman–Crippen MR) is 70.1 cm³/mol. The molecule has 1 unspecified atom stereocenters. The topological polar surface area (TPSA) is 122 Å². The molecule has 0 saturated heterocycles. The smallest absolute Gasteiger partial charge is 0.327 e. The first-order chi connectivity index (χ1) is 9.43. The number of amides is 2. The van der Waals surface area contributed by atoms with E-state index in [1.165, 1.54) is 24.3 Å². The third-order valence-electron chi connectivity index (χ3n) is 2.26. The molecular formula is C12H11N3O5. The lowest BCUT2D eigenvalue weighted by Gasteiger charge is -2.12. The molecule has 0 heterocycles. The minimum absolute atomic E-state index is 0.119. The predicted octanol–water partition coefficient (Wildman–Crippen LogP) is 1.19. The van der Waals surface area contributed by atoms with Crippen LogP contribution < -0.4 is 10.6 Å². The molecule has 8 heteroatoms. The van der Waals surface area contributed by atoms with Gasteiger partial charge >= 0.3 is 12.0 Å². The van der Waals surface area contributed by atoms with E-state index in [2.05, 4.69) is 16.6 Å². The number of nitrogens with one attached hydrogen (secondary N) is 2. The summed E-state index contributed by atoms with van der Waals surface area (Å²) in [6.45, 7) is 0. The molecule has 1 aromatic carbocycles. The van der Waals surface area contributed by atoms with Gasteiger partial charge in [0.1, 0.15) is 6.04 Å². The van der Waals surface area contributed by atoms with Crippen LogP contribution in [0.15, 0.2) is 24.3 Å². The van der Waals surface area contributed by atoms with Crippen LogP contribution in [0.1, 0.15) is 6.42 Å². The Kier molecular flexibility index (Phi) is 5.05. The number of hydrogen-bond donors (Lipinski definition) is 3. The van der Waals surface area contributed by atoms with E-state index in [9.17, 15) is 19.7 Å². The molecule has 0 aliphatic rings. The van der Waals surface area contributed by atoms with Crippen molar-refractivity contribution in [2.75, 3.05) is 5.32 Å². The van der Waals surface area contributed by atoms with Crippen molar-refractivity contribution in [3.63, 3.8) is 0 Å². The van der Waals surface area contributed by atoms with E-state index in [4.69, 9.17) is 11.5 Å². The van der Waals surface area contributed by atoms with Crippen molar-refractivity contribution >= 4 is 23.4 Å². The van der Waals surface area contributed by atoms with E-state index < -0.39 is 23.0 Å². The van der Waals surface area contributed by atoms with Crippen LogP contribution in [0.2, 0.25) is 0 Å². The first-order valence-corrected chi connectivity index (χ1v) is 5.42. The van der Waals surface area contributed by atoms with Gasteiger partial charge in [-0.25, -0.2) is 9.59 Å². The fourth-order valence-corrected chi connectivity index (χ4v) is 1.31. The number of terminal acetylenes is 1. The Balaban J connectivity index is 2.64. The van der Waals surface area contributed by atoms with Gasteiger partial charge in [-0.3, -0.25) is 10.1 Å². The summed E-state index contributed by atoms with van der Waals surface area (Å²) >= 11 is 0. The Labute approximate surface area is 113 Å². The largest absolute Gasteiger partial charge is 0.480 e. The molecule has 0 spiro atoms. The van der Waals surface area contributed by atoms with E-state index in [1.807, 2.05) is 0 Å². The lowest BCUT2D eigenvalue weighted by Crippen LogP contribution is -2.42. The Morgan fingerprint density at radius 1 is 1.40 bits per heavy atom. The number of carboxylic acids is 1. The van der Waals surface area contributed by atoms with Gasteiger partial charge in [0.25, 0.3) is 5.69 Å². The second-order valence-electron chi connectivity index (χ2n) is 3.70. The summed E-state index contributed by atoms with van der Waals surface area (Å²) in [6, 6.07) is 3.13. The maximum atomic E-state index is 11.5. The zero-order chi connectivity index (χ0) is 15.1. The standard InChI is InChI=1S/C12H11N3O5/c1-2-3-10(11(16)17)14-12(18)13-8-4-6-9(7-5-8)15(19)20/h1,4-7,10H,3H2,(H,16,17)(H2,13,14,18). The molecule has 2 amide bonds. The maximum absolute atomic E-state index is 11.5. The quantitative estimate of drug-likeness (QED) is 0.424. The number of rotatable bonds is 5. The van der Waals surface area contributed by atoms with Gasteiger partial charge in [-0.1, -0.05) is 0 Å². The number of nitrogens with zero attached hydrogens (tertiary/aromatic N) is 1. The third-order valence-corrected chi connectivity index (χ3v) is 2.26. The molecule has 3 N–H and O–H groups in total. The van der Waals surface area contributed by atoms with Gasteiger partial charge in [-0.05, 0) is 12.1 Å². The lowest BCUT2D eigenvalue weighted by molar-refractivity contribution is -0.384. The highest BCUT2D eigenvalue weighted by atomic mass is 16.6. The molecule has 20 heavy (non-hydrogen) atoms. The molecule has 1 rings (SSSR count). The van der Waals surface area contributed by atoms with Crippen LogP contribution in [0, 0.1) is 22.5 Å².